The molecule has 0 spiro atoms. The van der Waals surface area contributed by atoms with E-state index in [-0.39, 0.29) is 12.5 Å². The Morgan fingerprint density at radius 1 is 1.12 bits per heavy atom. The van der Waals surface area contributed by atoms with Gasteiger partial charge in [0.25, 0.3) is 0 Å². The molecule has 1 aromatic carbocycles. The molecule has 2 rings (SSSR count). The lowest BCUT2D eigenvalue weighted by molar-refractivity contribution is -0.114. The normalized spacial score (nSPS) is 10.2. The minimum absolute atomic E-state index is 0.0125. The number of nitrogens with zero attached hydrogens (tertiary/aromatic N) is 3. The highest BCUT2D eigenvalue weighted by Crippen LogP contribution is 2.22. The molecule has 0 atom stereocenters. The molecule has 2 N–H and O–H groups in total. The van der Waals surface area contributed by atoms with E-state index in [1.807, 2.05) is 39.8 Å². The van der Waals surface area contributed by atoms with E-state index in [0.29, 0.717) is 17.1 Å². The smallest absolute Gasteiger partial charge is 0.243 e. The number of amides is 1. The number of hydrogen-bond acceptors (Lipinski definition) is 5. The standard InChI is InChI=1S/C18H21N5O/c1-10-6-11(2)17(12(3)7-10)21-16(24)9-20-18-15(8-19)13(4)14(5)22-23-18/h6-7H,9H2,1-5H3,(H,20,23)(H,21,24). The Labute approximate surface area is 141 Å². The summed E-state index contributed by atoms with van der Waals surface area (Å²) in [5, 5.41) is 23.0. The van der Waals surface area contributed by atoms with Crippen LogP contribution in [0, 0.1) is 45.9 Å². The molecular weight excluding hydrogens is 302 g/mol. The highest BCUT2D eigenvalue weighted by Gasteiger charge is 2.13. The van der Waals surface area contributed by atoms with Crippen molar-refractivity contribution in [2.45, 2.75) is 34.6 Å². The van der Waals surface area contributed by atoms with Crippen LogP contribution >= 0.6 is 0 Å². The monoisotopic (exact) mass is 323 g/mol. The van der Waals surface area contributed by atoms with Crippen molar-refractivity contribution in [2.24, 2.45) is 0 Å². The molecule has 0 saturated heterocycles. The van der Waals surface area contributed by atoms with E-state index in [9.17, 15) is 10.1 Å². The van der Waals surface area contributed by atoms with E-state index in [1.165, 1.54) is 0 Å². The van der Waals surface area contributed by atoms with Crippen LogP contribution in [-0.2, 0) is 4.79 Å². The van der Waals surface area contributed by atoms with Crippen molar-refractivity contribution >= 4 is 17.4 Å². The van der Waals surface area contributed by atoms with Crippen LogP contribution in [-0.4, -0.2) is 22.6 Å². The molecule has 6 nitrogen and oxygen atoms in total. The van der Waals surface area contributed by atoms with Crippen LogP contribution in [0.15, 0.2) is 12.1 Å². The molecule has 2 aromatic rings. The Balaban J connectivity index is 2.10. The van der Waals surface area contributed by atoms with Crippen LogP contribution in [0.5, 0.6) is 0 Å². The molecule has 0 fully saturated rings. The minimum atomic E-state index is -0.200. The van der Waals surface area contributed by atoms with Gasteiger partial charge >= 0.3 is 0 Å². The maximum Gasteiger partial charge on any atom is 0.243 e. The number of carbonyl (C=O) groups is 1. The van der Waals surface area contributed by atoms with Gasteiger partial charge in [0.2, 0.25) is 5.91 Å². The van der Waals surface area contributed by atoms with Crippen molar-refractivity contribution < 1.29 is 4.79 Å². The molecule has 0 unspecified atom stereocenters. The van der Waals surface area contributed by atoms with Crippen molar-refractivity contribution in [1.82, 2.24) is 10.2 Å². The molecule has 0 radical (unpaired) electrons. The molecule has 6 heteroatoms. The number of aryl methyl sites for hydroxylation is 4. The summed E-state index contributed by atoms with van der Waals surface area (Å²) in [5.74, 6) is 0.127. The summed E-state index contributed by atoms with van der Waals surface area (Å²) in [6.07, 6.45) is 0. The minimum Gasteiger partial charge on any atom is -0.358 e. The van der Waals surface area contributed by atoms with Crippen LogP contribution in [0.1, 0.15) is 33.5 Å². The van der Waals surface area contributed by atoms with Gasteiger partial charge in [-0.1, -0.05) is 17.7 Å². The molecule has 124 valence electrons. The fraction of sp³-hybridized carbons (Fsp3) is 0.333. The second-order valence-electron chi connectivity index (χ2n) is 5.92. The van der Waals surface area contributed by atoms with Gasteiger partial charge in [0.05, 0.1) is 12.2 Å². The zero-order valence-electron chi connectivity index (χ0n) is 14.6. The summed E-state index contributed by atoms with van der Waals surface area (Å²) in [4.78, 5) is 12.2. The molecule has 1 heterocycles. The number of aromatic nitrogens is 2. The predicted octanol–water partition coefficient (Wildman–Crippen LogP) is 2.94. The summed E-state index contributed by atoms with van der Waals surface area (Å²) in [6.45, 7) is 9.57. The molecule has 1 aromatic heterocycles. The van der Waals surface area contributed by atoms with Crippen molar-refractivity contribution in [3.8, 4) is 6.07 Å². The fourth-order valence-electron chi connectivity index (χ4n) is 2.59. The average Bonchev–Trinajstić information content (AvgIpc) is 2.52. The number of nitriles is 1. The van der Waals surface area contributed by atoms with Gasteiger partial charge in [0, 0.05) is 5.69 Å². The number of carbonyl (C=O) groups excluding carboxylic acids is 1. The van der Waals surface area contributed by atoms with Gasteiger partial charge in [0.15, 0.2) is 5.82 Å². The first kappa shape index (κ1) is 17.4. The summed E-state index contributed by atoms with van der Waals surface area (Å²) in [7, 11) is 0. The Bertz CT molecular complexity index is 813. The van der Waals surface area contributed by atoms with Crippen LogP contribution in [0.2, 0.25) is 0 Å². The Morgan fingerprint density at radius 3 is 2.33 bits per heavy atom. The van der Waals surface area contributed by atoms with E-state index in [0.717, 1.165) is 27.9 Å². The number of benzene rings is 1. The average molecular weight is 323 g/mol. The van der Waals surface area contributed by atoms with Crippen molar-refractivity contribution in [3.63, 3.8) is 0 Å². The lowest BCUT2D eigenvalue weighted by Crippen LogP contribution is -2.24. The number of anilines is 2. The second-order valence-corrected chi connectivity index (χ2v) is 5.92. The first-order chi connectivity index (χ1) is 11.3. The third-order valence-electron chi connectivity index (χ3n) is 3.92. The fourth-order valence-corrected chi connectivity index (χ4v) is 2.59. The third-order valence-corrected chi connectivity index (χ3v) is 3.92. The van der Waals surface area contributed by atoms with Gasteiger partial charge in [-0.3, -0.25) is 4.79 Å². The second kappa shape index (κ2) is 7.09. The molecule has 1 amide bonds. The van der Waals surface area contributed by atoms with Crippen molar-refractivity contribution in [3.05, 3.63) is 45.6 Å². The van der Waals surface area contributed by atoms with Crippen LogP contribution < -0.4 is 10.6 Å². The molecule has 0 aliphatic heterocycles. The van der Waals surface area contributed by atoms with Gasteiger partial charge in [-0.25, -0.2) is 0 Å². The van der Waals surface area contributed by atoms with E-state index >= 15 is 0 Å². The first-order valence-corrected chi connectivity index (χ1v) is 7.69. The largest absolute Gasteiger partial charge is 0.358 e. The summed E-state index contributed by atoms with van der Waals surface area (Å²) in [5.41, 5.74) is 5.89. The molecule has 0 aliphatic carbocycles. The van der Waals surface area contributed by atoms with Crippen molar-refractivity contribution in [1.29, 1.82) is 5.26 Å². The van der Waals surface area contributed by atoms with Gasteiger partial charge in [0.1, 0.15) is 11.6 Å². The molecule has 0 saturated carbocycles. The van der Waals surface area contributed by atoms with Crippen LogP contribution in [0.4, 0.5) is 11.5 Å². The number of rotatable bonds is 4. The maximum absolute atomic E-state index is 12.2. The van der Waals surface area contributed by atoms with Crippen LogP contribution in [0.3, 0.4) is 0 Å². The third kappa shape index (κ3) is 3.69. The van der Waals surface area contributed by atoms with Gasteiger partial charge in [-0.05, 0) is 51.3 Å². The molecule has 24 heavy (non-hydrogen) atoms. The summed E-state index contributed by atoms with van der Waals surface area (Å²) in [6, 6.07) is 6.16. The zero-order valence-corrected chi connectivity index (χ0v) is 14.6. The predicted molar refractivity (Wildman–Crippen MR) is 94.0 cm³/mol. The first-order valence-electron chi connectivity index (χ1n) is 7.69. The molecule has 0 bridgehead atoms. The SMILES string of the molecule is Cc1cc(C)c(NC(=O)CNc2nnc(C)c(C)c2C#N)c(C)c1. The number of nitrogens with one attached hydrogen (secondary N) is 2. The van der Waals surface area contributed by atoms with Crippen LogP contribution in [0.25, 0.3) is 0 Å². The van der Waals surface area contributed by atoms with Gasteiger partial charge in [-0.2, -0.15) is 10.4 Å². The highest BCUT2D eigenvalue weighted by molar-refractivity contribution is 5.95. The maximum atomic E-state index is 12.2. The lowest BCUT2D eigenvalue weighted by atomic mass is 10.1. The van der Waals surface area contributed by atoms with Gasteiger partial charge < -0.3 is 10.6 Å². The van der Waals surface area contributed by atoms with E-state index in [1.54, 1.807) is 6.92 Å². The zero-order chi connectivity index (χ0) is 17.9. The topological polar surface area (TPSA) is 90.7 Å². The molecule has 0 aliphatic rings. The summed E-state index contributed by atoms with van der Waals surface area (Å²) >= 11 is 0. The number of hydrogen-bond donors (Lipinski definition) is 2. The lowest BCUT2D eigenvalue weighted by Gasteiger charge is -2.14. The summed E-state index contributed by atoms with van der Waals surface area (Å²) < 4.78 is 0. The van der Waals surface area contributed by atoms with E-state index < -0.39 is 0 Å². The highest BCUT2D eigenvalue weighted by atomic mass is 16.1. The van der Waals surface area contributed by atoms with Gasteiger partial charge in [-0.15, -0.1) is 5.10 Å². The quantitative estimate of drug-likeness (QED) is 0.902. The molecular formula is C18H21N5O. The van der Waals surface area contributed by atoms with E-state index in [2.05, 4.69) is 26.9 Å². The Hall–Kier alpha value is -2.94. The van der Waals surface area contributed by atoms with E-state index in [4.69, 9.17) is 0 Å². The Morgan fingerprint density at radius 2 is 1.75 bits per heavy atom. The Kier molecular flexibility index (Phi) is 5.14. The van der Waals surface area contributed by atoms with Crippen molar-refractivity contribution in [2.75, 3.05) is 17.2 Å².